The van der Waals surface area contributed by atoms with Gasteiger partial charge in [-0.15, -0.1) is 0 Å². The Morgan fingerprint density at radius 1 is 0.846 bits per heavy atom. The number of carboxylic acids is 1. The number of ether oxygens (including phenoxy) is 2. The molecule has 0 spiro atoms. The predicted octanol–water partition coefficient (Wildman–Crippen LogP) is 6.30. The average Bonchev–Trinajstić information content (AvgIpc) is 2.92. The normalized spacial score (nSPS) is 11.5. The third-order valence-electron chi connectivity index (χ3n) is 6.42. The highest BCUT2D eigenvalue weighted by Crippen LogP contribution is 2.18. The molecule has 3 rings (SSSR count). The zero-order valence-corrected chi connectivity index (χ0v) is 22.9. The van der Waals surface area contributed by atoms with Gasteiger partial charge in [0.25, 0.3) is 5.91 Å². The van der Waals surface area contributed by atoms with Crippen LogP contribution in [0, 0.1) is 13.8 Å². The highest BCUT2D eigenvalue weighted by atomic mass is 16.5. The van der Waals surface area contributed by atoms with Gasteiger partial charge in [0, 0.05) is 12.0 Å². The number of aliphatic carboxylic acids is 1. The zero-order chi connectivity index (χ0) is 28.2. The van der Waals surface area contributed by atoms with Gasteiger partial charge in [-0.1, -0.05) is 62.4 Å². The van der Waals surface area contributed by atoms with E-state index in [1.54, 1.807) is 54.6 Å². The fraction of sp³-hybridized carbons (Fsp3) is 0.344. The van der Waals surface area contributed by atoms with E-state index in [0.717, 1.165) is 24.0 Å². The molecule has 1 atom stereocenters. The average molecular weight is 532 g/mol. The summed E-state index contributed by atoms with van der Waals surface area (Å²) in [6.45, 7) is 6.52. The van der Waals surface area contributed by atoms with Crippen molar-refractivity contribution in [3.8, 4) is 11.5 Å². The van der Waals surface area contributed by atoms with Gasteiger partial charge in [-0.3, -0.25) is 4.79 Å². The second-order valence-corrected chi connectivity index (χ2v) is 9.71. The first-order valence-corrected chi connectivity index (χ1v) is 13.4. The summed E-state index contributed by atoms with van der Waals surface area (Å²) < 4.78 is 11.2. The third kappa shape index (κ3) is 9.28. The van der Waals surface area contributed by atoms with Gasteiger partial charge in [0.1, 0.15) is 17.5 Å². The molecule has 0 aliphatic heterocycles. The van der Waals surface area contributed by atoms with Crippen LogP contribution in [0.15, 0.2) is 66.7 Å². The summed E-state index contributed by atoms with van der Waals surface area (Å²) in [4.78, 5) is 37.1. The Hall–Kier alpha value is -4.13. The van der Waals surface area contributed by atoms with Crippen LogP contribution in [0.1, 0.15) is 76.4 Å². The summed E-state index contributed by atoms with van der Waals surface area (Å²) in [7, 11) is 0. The van der Waals surface area contributed by atoms with Gasteiger partial charge in [-0.25, -0.2) is 9.59 Å². The van der Waals surface area contributed by atoms with Crippen LogP contribution in [-0.4, -0.2) is 35.6 Å². The Labute approximate surface area is 230 Å². The topological polar surface area (TPSA) is 102 Å². The second-order valence-electron chi connectivity index (χ2n) is 9.71. The molecular weight excluding hydrogens is 494 g/mol. The summed E-state index contributed by atoms with van der Waals surface area (Å²) in [5, 5.41) is 12.3. The lowest BCUT2D eigenvalue weighted by Gasteiger charge is -2.16. The SMILES string of the molecule is CCCCCCCOc1ccc(C(=O)Oc2ccc(C[C@H](NC(=O)c3cc(C)ccc3C)C(=O)O)cc2)cc1. The van der Waals surface area contributed by atoms with E-state index in [1.165, 1.54) is 19.3 Å². The smallest absolute Gasteiger partial charge is 0.343 e. The molecule has 7 heteroatoms. The third-order valence-corrected chi connectivity index (χ3v) is 6.42. The summed E-state index contributed by atoms with van der Waals surface area (Å²) in [5.74, 6) is -1.02. The molecule has 0 aromatic heterocycles. The van der Waals surface area contributed by atoms with Gasteiger partial charge in [-0.2, -0.15) is 0 Å². The molecule has 206 valence electrons. The summed E-state index contributed by atoms with van der Waals surface area (Å²) in [6.07, 6.45) is 5.91. The van der Waals surface area contributed by atoms with Crippen molar-refractivity contribution in [1.29, 1.82) is 0 Å². The number of rotatable bonds is 14. The van der Waals surface area contributed by atoms with Crippen molar-refractivity contribution in [1.82, 2.24) is 5.32 Å². The van der Waals surface area contributed by atoms with E-state index >= 15 is 0 Å². The van der Waals surface area contributed by atoms with Crippen molar-refractivity contribution in [2.75, 3.05) is 6.61 Å². The number of hydrogen-bond acceptors (Lipinski definition) is 5. The van der Waals surface area contributed by atoms with Gasteiger partial charge in [0.2, 0.25) is 0 Å². The lowest BCUT2D eigenvalue weighted by atomic mass is 10.0. The minimum absolute atomic E-state index is 0.0836. The van der Waals surface area contributed by atoms with E-state index in [0.29, 0.717) is 34.8 Å². The van der Waals surface area contributed by atoms with Crippen molar-refractivity contribution in [2.24, 2.45) is 0 Å². The van der Waals surface area contributed by atoms with Crippen LogP contribution in [0.3, 0.4) is 0 Å². The van der Waals surface area contributed by atoms with Crippen molar-refractivity contribution in [3.05, 3.63) is 94.5 Å². The lowest BCUT2D eigenvalue weighted by molar-refractivity contribution is -0.139. The van der Waals surface area contributed by atoms with Crippen LogP contribution in [-0.2, 0) is 11.2 Å². The summed E-state index contributed by atoms with van der Waals surface area (Å²) in [6, 6.07) is 17.8. The summed E-state index contributed by atoms with van der Waals surface area (Å²) in [5.41, 5.74) is 3.22. The zero-order valence-electron chi connectivity index (χ0n) is 22.9. The molecule has 0 saturated heterocycles. The van der Waals surface area contributed by atoms with Crippen LogP contribution in [0.5, 0.6) is 11.5 Å². The second kappa shape index (κ2) is 14.7. The van der Waals surface area contributed by atoms with E-state index in [4.69, 9.17) is 9.47 Å². The molecule has 0 bridgehead atoms. The number of hydrogen-bond donors (Lipinski definition) is 2. The molecule has 0 aliphatic rings. The van der Waals surface area contributed by atoms with Gasteiger partial charge in [-0.05, 0) is 73.9 Å². The van der Waals surface area contributed by atoms with Crippen LogP contribution >= 0.6 is 0 Å². The molecule has 1 amide bonds. The first kappa shape index (κ1) is 29.4. The molecule has 0 unspecified atom stereocenters. The molecule has 0 aliphatic carbocycles. The quantitative estimate of drug-likeness (QED) is 0.144. The Morgan fingerprint density at radius 3 is 2.18 bits per heavy atom. The first-order valence-electron chi connectivity index (χ1n) is 13.4. The van der Waals surface area contributed by atoms with Gasteiger partial charge >= 0.3 is 11.9 Å². The number of unbranched alkanes of at least 4 members (excludes halogenated alkanes) is 4. The number of carbonyl (C=O) groups excluding carboxylic acids is 2. The molecule has 0 radical (unpaired) electrons. The van der Waals surface area contributed by atoms with Gasteiger partial charge in [0.15, 0.2) is 0 Å². The Bertz CT molecular complexity index is 1250. The molecule has 0 saturated carbocycles. The Morgan fingerprint density at radius 2 is 1.51 bits per heavy atom. The number of amides is 1. The molecule has 0 fully saturated rings. The van der Waals surface area contributed by atoms with E-state index in [1.807, 2.05) is 26.0 Å². The fourth-order valence-electron chi connectivity index (χ4n) is 4.09. The number of carboxylic acid groups (broad SMARTS) is 1. The van der Waals surface area contributed by atoms with E-state index in [9.17, 15) is 19.5 Å². The summed E-state index contributed by atoms with van der Waals surface area (Å²) >= 11 is 0. The molecular formula is C32H37NO6. The highest BCUT2D eigenvalue weighted by Gasteiger charge is 2.22. The van der Waals surface area contributed by atoms with Crippen LogP contribution in [0.2, 0.25) is 0 Å². The molecule has 0 heterocycles. The molecule has 3 aromatic rings. The minimum Gasteiger partial charge on any atom is -0.494 e. The maximum Gasteiger partial charge on any atom is 0.343 e. The predicted molar refractivity (Wildman–Crippen MR) is 151 cm³/mol. The lowest BCUT2D eigenvalue weighted by Crippen LogP contribution is -2.42. The maximum absolute atomic E-state index is 12.7. The fourth-order valence-corrected chi connectivity index (χ4v) is 4.09. The van der Waals surface area contributed by atoms with Crippen LogP contribution in [0.4, 0.5) is 0 Å². The molecule has 7 nitrogen and oxygen atoms in total. The van der Waals surface area contributed by atoms with Crippen LogP contribution < -0.4 is 14.8 Å². The number of nitrogens with one attached hydrogen (secondary N) is 1. The van der Waals surface area contributed by atoms with Crippen molar-refractivity contribution < 1.29 is 29.0 Å². The maximum atomic E-state index is 12.7. The first-order chi connectivity index (χ1) is 18.8. The molecule has 3 aromatic carbocycles. The Balaban J connectivity index is 1.52. The van der Waals surface area contributed by atoms with E-state index in [-0.39, 0.29) is 6.42 Å². The van der Waals surface area contributed by atoms with E-state index < -0.39 is 23.9 Å². The number of aryl methyl sites for hydroxylation is 2. The highest BCUT2D eigenvalue weighted by molar-refractivity contribution is 5.98. The monoisotopic (exact) mass is 531 g/mol. The van der Waals surface area contributed by atoms with Crippen molar-refractivity contribution >= 4 is 17.8 Å². The van der Waals surface area contributed by atoms with Crippen LogP contribution in [0.25, 0.3) is 0 Å². The number of esters is 1. The van der Waals surface area contributed by atoms with E-state index in [2.05, 4.69) is 12.2 Å². The minimum atomic E-state index is -1.13. The van der Waals surface area contributed by atoms with Gasteiger partial charge < -0.3 is 19.9 Å². The van der Waals surface area contributed by atoms with Crippen molar-refractivity contribution in [2.45, 2.75) is 65.3 Å². The number of benzene rings is 3. The molecule has 2 N–H and O–H groups in total. The Kier molecular flexibility index (Phi) is 11.1. The number of carbonyl (C=O) groups is 3. The van der Waals surface area contributed by atoms with Crippen molar-refractivity contribution in [3.63, 3.8) is 0 Å². The van der Waals surface area contributed by atoms with Gasteiger partial charge in [0.05, 0.1) is 12.2 Å². The standard InChI is InChI=1S/C32H37NO6/c1-4-5-6-7-8-19-38-26-17-13-25(14-18-26)32(37)39-27-15-11-24(12-16-27)21-29(31(35)36)33-30(34)28-20-22(2)9-10-23(28)3/h9-18,20,29H,4-8,19,21H2,1-3H3,(H,33,34)(H,35,36)/t29-/m0/s1. The largest absolute Gasteiger partial charge is 0.494 e. The molecule has 39 heavy (non-hydrogen) atoms.